The van der Waals surface area contributed by atoms with E-state index >= 15 is 0 Å². The molecule has 1 aromatic rings. The average molecular weight is 374 g/mol. The maximum atomic E-state index is 11.8. The second kappa shape index (κ2) is 9.89. The molecule has 0 aliphatic heterocycles. The van der Waals surface area contributed by atoms with E-state index < -0.39 is 13.9 Å². The highest BCUT2D eigenvalue weighted by atomic mass is 31.2. The Labute approximate surface area is 149 Å². The summed E-state index contributed by atoms with van der Waals surface area (Å²) in [5.41, 5.74) is 0.871. The van der Waals surface area contributed by atoms with Crippen molar-refractivity contribution in [2.75, 3.05) is 54.5 Å². The predicted octanol–water partition coefficient (Wildman–Crippen LogP) is 1.46. The van der Waals surface area contributed by atoms with Crippen LogP contribution in [0.1, 0.15) is 5.56 Å². The molecule has 0 saturated carbocycles. The minimum absolute atomic E-state index is 0.0409. The lowest BCUT2D eigenvalue weighted by Gasteiger charge is -2.27. The van der Waals surface area contributed by atoms with Crippen molar-refractivity contribution in [3.05, 3.63) is 35.9 Å². The number of nitrogens with zero attached hydrogens (tertiary/aromatic N) is 2. The van der Waals surface area contributed by atoms with Gasteiger partial charge in [0.05, 0.1) is 27.7 Å². The smallest absolute Gasteiger partial charge is 0.409 e. The third kappa shape index (κ3) is 10.2. The Morgan fingerprint density at radius 1 is 1.16 bits per heavy atom. The lowest BCUT2D eigenvalue weighted by Crippen LogP contribution is -2.37. The van der Waals surface area contributed by atoms with Crippen molar-refractivity contribution >= 4 is 13.9 Å². The van der Waals surface area contributed by atoms with Gasteiger partial charge in [0.2, 0.25) is 0 Å². The molecule has 1 aromatic carbocycles. The van der Waals surface area contributed by atoms with Gasteiger partial charge in [-0.15, -0.1) is 0 Å². The van der Waals surface area contributed by atoms with E-state index in [2.05, 4.69) is 0 Å². The van der Waals surface area contributed by atoms with Crippen LogP contribution in [0, 0.1) is 0 Å². The van der Waals surface area contributed by atoms with E-state index in [1.54, 1.807) is 0 Å². The first-order valence-corrected chi connectivity index (χ1v) is 9.37. The van der Waals surface area contributed by atoms with Crippen LogP contribution in [-0.2, 0) is 25.0 Å². The zero-order valence-electron chi connectivity index (χ0n) is 15.2. The van der Waals surface area contributed by atoms with E-state index in [-0.39, 0.29) is 26.4 Å². The summed E-state index contributed by atoms with van der Waals surface area (Å²) in [5, 5.41) is 0. The molecule has 0 N–H and O–H groups in total. The van der Waals surface area contributed by atoms with Gasteiger partial charge in [0.1, 0.15) is 19.8 Å². The largest absolute Gasteiger partial charge is 0.756 e. The van der Waals surface area contributed by atoms with Gasteiger partial charge >= 0.3 is 6.09 Å². The maximum Gasteiger partial charge on any atom is 0.409 e. The van der Waals surface area contributed by atoms with Gasteiger partial charge in [0, 0.05) is 13.6 Å². The lowest BCUT2D eigenvalue weighted by molar-refractivity contribution is -0.870. The van der Waals surface area contributed by atoms with E-state index in [4.69, 9.17) is 13.8 Å². The van der Waals surface area contributed by atoms with Crippen molar-refractivity contribution in [2.45, 2.75) is 6.61 Å². The molecular formula is C16H27N2O6P. The van der Waals surface area contributed by atoms with Crippen LogP contribution in [0.25, 0.3) is 0 Å². The van der Waals surface area contributed by atoms with Crippen LogP contribution in [0.3, 0.4) is 0 Å². The fraction of sp³-hybridized carbons (Fsp3) is 0.562. The summed E-state index contributed by atoms with van der Waals surface area (Å²) in [5.74, 6) is 0. The van der Waals surface area contributed by atoms with E-state index in [0.29, 0.717) is 11.0 Å². The van der Waals surface area contributed by atoms with Crippen molar-refractivity contribution in [3.8, 4) is 0 Å². The fourth-order valence-corrected chi connectivity index (χ4v) is 2.36. The molecular weight excluding hydrogens is 347 g/mol. The number of likely N-dealkylation sites (N-methyl/N-ethyl adjacent to an activating group) is 2. The molecule has 0 aliphatic carbocycles. The molecule has 1 rings (SSSR count). The highest BCUT2D eigenvalue weighted by Gasteiger charge is 2.15. The lowest BCUT2D eigenvalue weighted by atomic mass is 10.2. The van der Waals surface area contributed by atoms with E-state index in [1.165, 1.54) is 11.9 Å². The van der Waals surface area contributed by atoms with Gasteiger partial charge < -0.3 is 28.1 Å². The standard InChI is InChI=1S/C16H27N2O6P/c1-17(16(19)22-14-15-8-6-5-7-9-15)10-12-23-25(20,21)24-13-11-18(2,3)4/h5-9H,10-14H2,1-4H3. The molecule has 0 radical (unpaired) electrons. The predicted molar refractivity (Wildman–Crippen MR) is 91.7 cm³/mol. The van der Waals surface area contributed by atoms with Crippen LogP contribution in [0.5, 0.6) is 0 Å². The molecule has 142 valence electrons. The Hall–Kier alpha value is -1.44. The normalized spacial score (nSPS) is 14.0. The van der Waals surface area contributed by atoms with Gasteiger partial charge in [0.25, 0.3) is 7.82 Å². The number of carbonyl (C=O) groups is 1. The molecule has 0 bridgehead atoms. The van der Waals surface area contributed by atoms with Gasteiger partial charge in [-0.25, -0.2) is 4.79 Å². The third-order valence-electron chi connectivity index (χ3n) is 3.20. The van der Waals surface area contributed by atoms with Gasteiger partial charge in [-0.2, -0.15) is 0 Å². The zero-order chi connectivity index (χ0) is 18.9. The highest BCUT2D eigenvalue weighted by Crippen LogP contribution is 2.37. The summed E-state index contributed by atoms with van der Waals surface area (Å²) >= 11 is 0. The monoisotopic (exact) mass is 374 g/mol. The van der Waals surface area contributed by atoms with Gasteiger partial charge in [-0.1, -0.05) is 30.3 Å². The summed E-state index contributed by atoms with van der Waals surface area (Å²) in [7, 11) is 2.92. The topological polar surface area (TPSA) is 88.1 Å². The molecule has 1 atom stereocenters. The number of quaternary nitrogens is 1. The zero-order valence-corrected chi connectivity index (χ0v) is 16.1. The molecule has 0 fully saturated rings. The number of rotatable bonds is 10. The number of amides is 1. The Balaban J connectivity index is 2.24. The second-order valence-electron chi connectivity index (χ2n) is 6.59. The minimum atomic E-state index is -4.37. The van der Waals surface area contributed by atoms with E-state index in [1.807, 2.05) is 51.5 Å². The number of phosphoric ester groups is 1. The van der Waals surface area contributed by atoms with Crippen LogP contribution >= 0.6 is 7.82 Å². The number of ether oxygens (including phenoxy) is 1. The quantitative estimate of drug-likeness (QED) is 0.455. The number of hydrogen-bond acceptors (Lipinski definition) is 6. The Morgan fingerprint density at radius 2 is 1.76 bits per heavy atom. The van der Waals surface area contributed by atoms with Crippen molar-refractivity contribution < 1.29 is 32.5 Å². The Bertz CT molecular complexity index is 576. The number of carbonyl (C=O) groups excluding carboxylic acids is 1. The molecule has 25 heavy (non-hydrogen) atoms. The Kier molecular flexibility index (Phi) is 8.55. The van der Waals surface area contributed by atoms with E-state index in [0.717, 1.165) is 5.56 Å². The van der Waals surface area contributed by atoms with Crippen LogP contribution < -0.4 is 4.89 Å². The van der Waals surface area contributed by atoms with Crippen molar-refractivity contribution in [1.82, 2.24) is 4.90 Å². The Morgan fingerprint density at radius 3 is 2.36 bits per heavy atom. The fourth-order valence-electron chi connectivity index (χ4n) is 1.67. The van der Waals surface area contributed by atoms with Crippen LogP contribution in [0.4, 0.5) is 4.79 Å². The molecule has 8 nitrogen and oxygen atoms in total. The van der Waals surface area contributed by atoms with Gasteiger partial charge in [-0.05, 0) is 5.56 Å². The van der Waals surface area contributed by atoms with Gasteiger partial charge in [0.15, 0.2) is 0 Å². The van der Waals surface area contributed by atoms with Crippen molar-refractivity contribution in [3.63, 3.8) is 0 Å². The number of phosphoric acid groups is 1. The highest BCUT2D eigenvalue weighted by molar-refractivity contribution is 7.45. The second-order valence-corrected chi connectivity index (χ2v) is 8.00. The first kappa shape index (κ1) is 21.6. The molecule has 0 spiro atoms. The van der Waals surface area contributed by atoms with Crippen molar-refractivity contribution in [1.29, 1.82) is 0 Å². The first-order valence-electron chi connectivity index (χ1n) is 7.91. The molecule has 0 aliphatic rings. The molecule has 9 heteroatoms. The van der Waals surface area contributed by atoms with E-state index in [9.17, 15) is 14.3 Å². The summed E-state index contributed by atoms with van der Waals surface area (Å²) in [6, 6.07) is 9.27. The molecule has 0 aromatic heterocycles. The summed E-state index contributed by atoms with van der Waals surface area (Å²) < 4.78 is 26.9. The molecule has 1 amide bonds. The van der Waals surface area contributed by atoms with Crippen LogP contribution in [0.15, 0.2) is 30.3 Å². The molecule has 0 saturated heterocycles. The van der Waals surface area contributed by atoms with Crippen molar-refractivity contribution in [2.24, 2.45) is 0 Å². The molecule has 0 heterocycles. The summed E-state index contributed by atoms with van der Waals surface area (Å²) in [4.78, 5) is 24.7. The third-order valence-corrected chi connectivity index (χ3v) is 4.20. The van der Waals surface area contributed by atoms with Crippen LogP contribution in [0.2, 0.25) is 0 Å². The van der Waals surface area contributed by atoms with Gasteiger partial charge in [-0.3, -0.25) is 4.57 Å². The summed E-state index contributed by atoms with van der Waals surface area (Å²) in [6.45, 7) is 0.597. The minimum Gasteiger partial charge on any atom is -0.756 e. The number of benzene rings is 1. The SMILES string of the molecule is CN(CCOP(=O)([O-])OCC[N+](C)(C)C)C(=O)OCc1ccccc1. The first-order chi connectivity index (χ1) is 11.6. The molecule has 1 unspecified atom stereocenters. The van der Waals surface area contributed by atoms with Crippen LogP contribution in [-0.4, -0.2) is 70.0 Å². The number of hydrogen-bond donors (Lipinski definition) is 0. The summed E-state index contributed by atoms with van der Waals surface area (Å²) in [6.07, 6.45) is -0.556. The maximum absolute atomic E-state index is 11.8. The average Bonchev–Trinajstić information content (AvgIpc) is 2.51.